The minimum absolute atomic E-state index is 0.0896. The molecule has 3 aromatic carbocycles. The number of benzene rings is 3. The number of aromatic nitrogens is 1. The molecule has 0 saturated carbocycles. The molecule has 2 unspecified atom stereocenters. The van der Waals surface area contributed by atoms with Gasteiger partial charge in [-0.2, -0.15) is 14.4 Å². The summed E-state index contributed by atoms with van der Waals surface area (Å²) in [6.07, 6.45) is 2.32. The van der Waals surface area contributed by atoms with Crippen LogP contribution >= 0.6 is 11.3 Å². The van der Waals surface area contributed by atoms with Gasteiger partial charge in [0.2, 0.25) is 15.2 Å². The van der Waals surface area contributed by atoms with Crippen molar-refractivity contribution in [1.29, 1.82) is 0 Å². The van der Waals surface area contributed by atoms with Crippen LogP contribution in [0.5, 0.6) is 0 Å². The van der Waals surface area contributed by atoms with E-state index in [0.29, 0.717) is 28.9 Å². The lowest BCUT2D eigenvalue weighted by Gasteiger charge is -2.34. The minimum atomic E-state index is -3.74. The van der Waals surface area contributed by atoms with Crippen molar-refractivity contribution >= 4 is 54.5 Å². The van der Waals surface area contributed by atoms with E-state index >= 15 is 0 Å². The van der Waals surface area contributed by atoms with Crippen LogP contribution in [-0.4, -0.2) is 47.8 Å². The topological polar surface area (TPSA) is 126 Å². The number of thiazole rings is 1. The number of carbonyl (C=O) groups is 1. The van der Waals surface area contributed by atoms with Crippen molar-refractivity contribution < 1.29 is 22.5 Å². The van der Waals surface area contributed by atoms with Gasteiger partial charge >= 0.3 is 0 Å². The Bertz CT molecular complexity index is 1730. The molecule has 212 valence electrons. The first-order valence-corrected chi connectivity index (χ1v) is 15.1. The molecule has 0 spiro atoms. The van der Waals surface area contributed by atoms with E-state index in [1.165, 1.54) is 77.2 Å². The molecule has 4 aromatic rings. The Kier molecular flexibility index (Phi) is 7.93. The highest BCUT2D eigenvalue weighted by Gasteiger charge is 2.32. The second-order valence-corrected chi connectivity index (χ2v) is 13.1. The Labute approximate surface area is 239 Å². The van der Waals surface area contributed by atoms with E-state index in [1.54, 1.807) is 0 Å². The quantitative estimate of drug-likeness (QED) is 0.153. The van der Waals surface area contributed by atoms with Gasteiger partial charge < -0.3 is 0 Å². The van der Waals surface area contributed by atoms with E-state index in [2.05, 4.69) is 10.1 Å². The maximum Gasteiger partial charge on any atom is 0.280 e. The first-order valence-electron chi connectivity index (χ1n) is 12.8. The number of carbonyl (C=O) groups excluding carboxylic acids is 1. The maximum atomic E-state index is 13.8. The van der Waals surface area contributed by atoms with Gasteiger partial charge in [-0.05, 0) is 78.4 Å². The summed E-state index contributed by atoms with van der Waals surface area (Å²) in [7, 11) is -3.74. The van der Waals surface area contributed by atoms with Crippen LogP contribution in [-0.2, 0) is 10.0 Å². The first-order chi connectivity index (χ1) is 19.5. The number of amides is 1. The van der Waals surface area contributed by atoms with Crippen LogP contribution < -0.4 is 5.01 Å². The molecule has 2 atom stereocenters. The third-order valence-corrected chi connectivity index (χ3v) is 9.55. The van der Waals surface area contributed by atoms with Crippen molar-refractivity contribution in [2.24, 2.45) is 16.9 Å². The summed E-state index contributed by atoms with van der Waals surface area (Å²) in [6.45, 7) is 4.94. The molecule has 0 aliphatic carbocycles. The van der Waals surface area contributed by atoms with Crippen LogP contribution in [0.25, 0.3) is 10.2 Å². The number of nitro benzene ring substituents is 1. The molecule has 1 saturated heterocycles. The number of nitro groups is 1. The Balaban J connectivity index is 1.46. The lowest BCUT2D eigenvalue weighted by atomic mass is 9.94. The van der Waals surface area contributed by atoms with Crippen molar-refractivity contribution in [3.05, 3.63) is 93.8 Å². The molecule has 1 aliphatic rings. The van der Waals surface area contributed by atoms with E-state index in [0.717, 1.165) is 22.8 Å². The van der Waals surface area contributed by atoms with Gasteiger partial charge in [-0.15, -0.1) is 0 Å². The van der Waals surface area contributed by atoms with Gasteiger partial charge in [-0.3, -0.25) is 14.9 Å². The molecule has 0 N–H and O–H groups in total. The van der Waals surface area contributed by atoms with Crippen LogP contribution in [0.3, 0.4) is 0 Å². The fourth-order valence-corrected chi connectivity index (χ4v) is 7.44. The van der Waals surface area contributed by atoms with Crippen molar-refractivity contribution in [3.63, 3.8) is 0 Å². The zero-order chi connectivity index (χ0) is 29.3. The standard InChI is InChI=1S/C28H26FN5O5S2/c1-18-13-19(2)17-32(16-18)41(38,39)24-10-5-21(6-11-24)27(35)33(28-31-25-12-7-22(29)14-26(25)40-28)30-15-20-3-8-23(9-4-20)34(36)37/h3-12,14-15,18-19H,13,16-17H2,1-2H3/b30-15+. The van der Waals surface area contributed by atoms with Crippen molar-refractivity contribution in [1.82, 2.24) is 9.29 Å². The summed E-state index contributed by atoms with van der Waals surface area (Å²) in [5.74, 6) is -0.543. The predicted molar refractivity (Wildman–Crippen MR) is 155 cm³/mol. The van der Waals surface area contributed by atoms with Gasteiger partial charge in [0.15, 0.2) is 0 Å². The second kappa shape index (κ2) is 11.4. The molecule has 1 fully saturated rings. The summed E-state index contributed by atoms with van der Waals surface area (Å²) in [6, 6.07) is 15.3. The third-order valence-electron chi connectivity index (χ3n) is 6.71. The SMILES string of the molecule is CC1CC(C)CN(S(=O)(=O)c2ccc(C(=O)N(/N=C/c3ccc([N+](=O)[O-])cc3)c3nc4ccc(F)cc4s3)cc2)C1. The Morgan fingerprint density at radius 2 is 1.76 bits per heavy atom. The number of anilines is 1. The fraction of sp³-hybridized carbons (Fsp3) is 0.250. The Morgan fingerprint density at radius 1 is 1.10 bits per heavy atom. The second-order valence-electron chi connectivity index (χ2n) is 10.1. The van der Waals surface area contributed by atoms with Crippen LogP contribution in [0.15, 0.2) is 76.7 Å². The van der Waals surface area contributed by atoms with Crippen molar-refractivity contribution in [2.45, 2.75) is 25.2 Å². The molecular formula is C28H26FN5O5S2. The van der Waals surface area contributed by atoms with Crippen LogP contribution in [0.1, 0.15) is 36.2 Å². The Hall–Kier alpha value is -4.07. The van der Waals surface area contributed by atoms with Gasteiger partial charge in [0, 0.05) is 30.8 Å². The van der Waals surface area contributed by atoms with E-state index in [9.17, 15) is 27.7 Å². The number of sulfonamides is 1. The highest BCUT2D eigenvalue weighted by atomic mass is 32.2. The van der Waals surface area contributed by atoms with Crippen LogP contribution in [0.4, 0.5) is 15.2 Å². The molecule has 10 nitrogen and oxygen atoms in total. The molecule has 1 amide bonds. The lowest BCUT2D eigenvalue weighted by Crippen LogP contribution is -2.42. The summed E-state index contributed by atoms with van der Waals surface area (Å²) >= 11 is 1.06. The molecule has 5 rings (SSSR count). The summed E-state index contributed by atoms with van der Waals surface area (Å²) in [5, 5.41) is 16.5. The van der Waals surface area contributed by atoms with Crippen LogP contribution in [0, 0.1) is 27.8 Å². The van der Waals surface area contributed by atoms with Crippen molar-refractivity contribution in [2.75, 3.05) is 18.1 Å². The molecule has 1 aliphatic heterocycles. The van der Waals surface area contributed by atoms with Crippen LogP contribution in [0.2, 0.25) is 0 Å². The number of hydrogen-bond acceptors (Lipinski definition) is 8. The number of nitrogens with zero attached hydrogens (tertiary/aromatic N) is 5. The molecule has 41 heavy (non-hydrogen) atoms. The molecule has 2 heterocycles. The van der Waals surface area contributed by atoms with Gasteiger partial charge in [0.05, 0.1) is 26.3 Å². The van der Waals surface area contributed by atoms with Crippen molar-refractivity contribution in [3.8, 4) is 0 Å². The average Bonchev–Trinajstić information content (AvgIpc) is 3.35. The first kappa shape index (κ1) is 28.5. The van der Waals surface area contributed by atoms with E-state index in [1.807, 2.05) is 13.8 Å². The maximum absolute atomic E-state index is 13.8. The molecule has 0 bridgehead atoms. The zero-order valence-corrected chi connectivity index (χ0v) is 23.8. The van der Waals surface area contributed by atoms with Gasteiger partial charge in [-0.1, -0.05) is 25.2 Å². The number of halogens is 1. The Morgan fingerprint density at radius 3 is 2.39 bits per heavy atom. The number of hydrogen-bond donors (Lipinski definition) is 0. The minimum Gasteiger partial charge on any atom is -0.267 e. The van der Waals surface area contributed by atoms with E-state index < -0.39 is 26.7 Å². The summed E-state index contributed by atoms with van der Waals surface area (Å²) in [4.78, 5) is 28.6. The van der Waals surface area contributed by atoms with Gasteiger partial charge in [0.1, 0.15) is 5.82 Å². The highest BCUT2D eigenvalue weighted by Crippen LogP contribution is 2.31. The number of fused-ring (bicyclic) bond motifs is 1. The number of non-ortho nitro benzene ring substituents is 1. The van der Waals surface area contributed by atoms with E-state index in [-0.39, 0.29) is 33.1 Å². The number of piperidine rings is 1. The molecular weight excluding hydrogens is 569 g/mol. The average molecular weight is 596 g/mol. The zero-order valence-electron chi connectivity index (χ0n) is 22.2. The molecule has 0 radical (unpaired) electrons. The van der Waals surface area contributed by atoms with Gasteiger partial charge in [0.25, 0.3) is 11.6 Å². The monoisotopic (exact) mass is 595 g/mol. The fourth-order valence-electron chi connectivity index (χ4n) is 4.81. The lowest BCUT2D eigenvalue weighted by molar-refractivity contribution is -0.384. The predicted octanol–water partition coefficient (Wildman–Crippen LogP) is 5.69. The summed E-state index contributed by atoms with van der Waals surface area (Å²) < 4.78 is 42.4. The normalized spacial score (nSPS) is 18.1. The van der Waals surface area contributed by atoms with Gasteiger partial charge in [-0.25, -0.2) is 17.8 Å². The largest absolute Gasteiger partial charge is 0.280 e. The number of hydrazone groups is 1. The third kappa shape index (κ3) is 6.16. The van der Waals surface area contributed by atoms with E-state index in [4.69, 9.17) is 0 Å². The molecule has 13 heteroatoms. The summed E-state index contributed by atoms with van der Waals surface area (Å²) in [5.41, 5.74) is 1.04. The smallest absolute Gasteiger partial charge is 0.267 e. The molecule has 1 aromatic heterocycles. The number of rotatable bonds is 7. The highest BCUT2D eigenvalue weighted by molar-refractivity contribution is 7.89.